The van der Waals surface area contributed by atoms with Crippen LogP contribution in [0.3, 0.4) is 0 Å². The van der Waals surface area contributed by atoms with Crippen LogP contribution >= 0.6 is 0 Å². The minimum atomic E-state index is -0.731. The lowest BCUT2D eigenvalue weighted by molar-refractivity contribution is -0.145. The van der Waals surface area contributed by atoms with Gasteiger partial charge in [-0.2, -0.15) is 0 Å². The molecule has 1 aliphatic heterocycles. The van der Waals surface area contributed by atoms with E-state index in [1.165, 1.54) is 19.3 Å². The number of carboxylic acid groups (broad SMARTS) is 1. The maximum Gasteiger partial charge on any atom is 0.306 e. The molecule has 2 N–H and O–H groups in total. The van der Waals surface area contributed by atoms with Gasteiger partial charge in [0.15, 0.2) is 0 Å². The number of piperidine rings is 1. The Morgan fingerprint density at radius 1 is 1.25 bits per heavy atom. The smallest absolute Gasteiger partial charge is 0.306 e. The molecule has 114 valence electrons. The van der Waals surface area contributed by atoms with Gasteiger partial charge in [-0.15, -0.1) is 0 Å². The monoisotopic (exact) mass is 282 g/mol. The van der Waals surface area contributed by atoms with Crippen LogP contribution in [0.25, 0.3) is 0 Å². The topological polar surface area (TPSA) is 69.6 Å². The maximum absolute atomic E-state index is 12.1. The predicted octanol–water partition coefficient (Wildman–Crippen LogP) is 1.48. The van der Waals surface area contributed by atoms with E-state index in [2.05, 4.69) is 12.2 Å². The van der Waals surface area contributed by atoms with E-state index in [0.717, 1.165) is 12.3 Å². The van der Waals surface area contributed by atoms with Crippen LogP contribution in [0.5, 0.6) is 0 Å². The number of carbonyl (C=O) groups is 2. The number of carboxylic acids is 1. The van der Waals surface area contributed by atoms with Crippen molar-refractivity contribution in [2.24, 2.45) is 11.8 Å². The van der Waals surface area contributed by atoms with Gasteiger partial charge in [0.1, 0.15) is 0 Å². The SMILES string of the molecule is CCC(CC1CC1)NCC(=O)N1CCC(C(=O)O)CC1. The summed E-state index contributed by atoms with van der Waals surface area (Å²) in [6, 6.07) is 0.447. The van der Waals surface area contributed by atoms with Gasteiger partial charge in [0, 0.05) is 19.1 Å². The first-order chi connectivity index (χ1) is 9.60. The molecule has 1 aliphatic carbocycles. The van der Waals surface area contributed by atoms with Gasteiger partial charge in [0.05, 0.1) is 12.5 Å². The molecule has 0 aromatic heterocycles. The summed E-state index contributed by atoms with van der Waals surface area (Å²) in [5, 5.41) is 12.3. The summed E-state index contributed by atoms with van der Waals surface area (Å²) in [7, 11) is 0. The maximum atomic E-state index is 12.1. The summed E-state index contributed by atoms with van der Waals surface area (Å²) >= 11 is 0. The Kier molecular flexibility index (Phi) is 5.40. The number of hydrogen-bond donors (Lipinski definition) is 2. The van der Waals surface area contributed by atoms with Crippen molar-refractivity contribution in [2.45, 2.75) is 51.5 Å². The van der Waals surface area contributed by atoms with E-state index in [1.54, 1.807) is 4.90 Å². The molecule has 0 bridgehead atoms. The summed E-state index contributed by atoms with van der Waals surface area (Å²) in [6.45, 7) is 3.71. The van der Waals surface area contributed by atoms with Gasteiger partial charge in [-0.05, 0) is 31.6 Å². The van der Waals surface area contributed by atoms with E-state index < -0.39 is 5.97 Å². The number of nitrogens with zero attached hydrogens (tertiary/aromatic N) is 1. The summed E-state index contributed by atoms with van der Waals surface area (Å²) in [6.07, 6.45) is 6.10. The molecular formula is C15H26N2O3. The molecule has 2 rings (SSSR count). The van der Waals surface area contributed by atoms with Crippen molar-refractivity contribution in [3.63, 3.8) is 0 Å². The molecule has 0 aromatic carbocycles. The van der Waals surface area contributed by atoms with Crippen molar-refractivity contribution in [3.8, 4) is 0 Å². The fourth-order valence-corrected chi connectivity index (χ4v) is 2.87. The third kappa shape index (κ3) is 4.47. The number of rotatable bonds is 7. The van der Waals surface area contributed by atoms with Crippen LogP contribution in [0, 0.1) is 11.8 Å². The van der Waals surface area contributed by atoms with Crippen LogP contribution in [-0.2, 0) is 9.59 Å². The predicted molar refractivity (Wildman–Crippen MR) is 76.4 cm³/mol. The van der Waals surface area contributed by atoms with Gasteiger partial charge in [0.2, 0.25) is 5.91 Å². The first-order valence-corrected chi connectivity index (χ1v) is 7.84. The Hall–Kier alpha value is -1.10. The molecule has 1 unspecified atom stereocenters. The van der Waals surface area contributed by atoms with Crippen molar-refractivity contribution < 1.29 is 14.7 Å². The van der Waals surface area contributed by atoms with E-state index in [-0.39, 0.29) is 11.8 Å². The van der Waals surface area contributed by atoms with Crippen molar-refractivity contribution in [3.05, 3.63) is 0 Å². The average molecular weight is 282 g/mol. The number of carbonyl (C=O) groups excluding carboxylic acids is 1. The molecule has 1 amide bonds. The van der Waals surface area contributed by atoms with Gasteiger partial charge in [-0.25, -0.2) is 0 Å². The number of amides is 1. The van der Waals surface area contributed by atoms with Crippen LogP contribution in [0.4, 0.5) is 0 Å². The van der Waals surface area contributed by atoms with Crippen LogP contribution < -0.4 is 5.32 Å². The van der Waals surface area contributed by atoms with Crippen molar-refractivity contribution >= 4 is 11.9 Å². The van der Waals surface area contributed by atoms with Gasteiger partial charge in [-0.3, -0.25) is 9.59 Å². The van der Waals surface area contributed by atoms with Crippen molar-refractivity contribution in [2.75, 3.05) is 19.6 Å². The number of hydrogen-bond acceptors (Lipinski definition) is 3. The van der Waals surface area contributed by atoms with Crippen LogP contribution in [0.15, 0.2) is 0 Å². The zero-order chi connectivity index (χ0) is 14.5. The first-order valence-electron chi connectivity index (χ1n) is 7.84. The van der Waals surface area contributed by atoms with E-state index in [4.69, 9.17) is 5.11 Å². The standard InChI is InChI=1S/C15H26N2O3/c1-2-13(9-11-3-4-11)16-10-14(18)17-7-5-12(6-8-17)15(19)20/h11-13,16H,2-10H2,1H3,(H,19,20). The number of aliphatic carboxylic acids is 1. The van der Waals surface area contributed by atoms with Crippen molar-refractivity contribution in [1.82, 2.24) is 10.2 Å². The van der Waals surface area contributed by atoms with Gasteiger partial charge in [-0.1, -0.05) is 19.8 Å². The highest BCUT2D eigenvalue weighted by Gasteiger charge is 2.28. The Bertz CT molecular complexity index is 347. The summed E-state index contributed by atoms with van der Waals surface area (Å²) in [5.74, 6) is -0.0204. The summed E-state index contributed by atoms with van der Waals surface area (Å²) in [4.78, 5) is 24.8. The first kappa shape index (κ1) is 15.3. The lowest BCUT2D eigenvalue weighted by Crippen LogP contribution is -2.45. The van der Waals surface area contributed by atoms with E-state index >= 15 is 0 Å². The lowest BCUT2D eigenvalue weighted by Gasteiger charge is -2.30. The Balaban J connectivity index is 1.67. The molecule has 1 saturated carbocycles. The molecule has 0 spiro atoms. The van der Waals surface area contributed by atoms with Crippen LogP contribution in [0.2, 0.25) is 0 Å². The number of nitrogens with one attached hydrogen (secondary N) is 1. The highest BCUT2D eigenvalue weighted by molar-refractivity contribution is 5.79. The second-order valence-corrected chi connectivity index (χ2v) is 6.16. The van der Waals surface area contributed by atoms with Gasteiger partial charge >= 0.3 is 5.97 Å². The molecule has 1 saturated heterocycles. The second-order valence-electron chi connectivity index (χ2n) is 6.16. The molecule has 2 fully saturated rings. The highest BCUT2D eigenvalue weighted by Crippen LogP contribution is 2.33. The third-order valence-electron chi connectivity index (χ3n) is 4.55. The molecule has 1 atom stereocenters. The molecular weight excluding hydrogens is 256 g/mol. The zero-order valence-corrected chi connectivity index (χ0v) is 12.3. The quantitative estimate of drug-likeness (QED) is 0.742. The minimum absolute atomic E-state index is 0.114. The molecule has 5 nitrogen and oxygen atoms in total. The van der Waals surface area contributed by atoms with E-state index in [0.29, 0.717) is 38.5 Å². The fourth-order valence-electron chi connectivity index (χ4n) is 2.87. The largest absolute Gasteiger partial charge is 0.481 e. The minimum Gasteiger partial charge on any atom is -0.481 e. The van der Waals surface area contributed by atoms with Crippen LogP contribution in [-0.4, -0.2) is 47.6 Å². The van der Waals surface area contributed by atoms with E-state index in [1.807, 2.05) is 0 Å². The summed E-state index contributed by atoms with van der Waals surface area (Å²) < 4.78 is 0. The van der Waals surface area contributed by atoms with E-state index in [9.17, 15) is 9.59 Å². The Morgan fingerprint density at radius 2 is 1.90 bits per heavy atom. The normalized spacial score (nSPS) is 21.8. The molecule has 0 aromatic rings. The van der Waals surface area contributed by atoms with Gasteiger partial charge in [0.25, 0.3) is 0 Å². The third-order valence-corrected chi connectivity index (χ3v) is 4.55. The van der Waals surface area contributed by atoms with Crippen LogP contribution in [0.1, 0.15) is 45.4 Å². The molecule has 2 aliphatic rings. The average Bonchev–Trinajstić information content (AvgIpc) is 3.27. The zero-order valence-electron chi connectivity index (χ0n) is 12.3. The summed E-state index contributed by atoms with van der Waals surface area (Å²) in [5.41, 5.74) is 0. The second kappa shape index (κ2) is 7.07. The molecule has 0 radical (unpaired) electrons. The fraction of sp³-hybridized carbons (Fsp3) is 0.867. The highest BCUT2D eigenvalue weighted by atomic mass is 16.4. The Morgan fingerprint density at radius 3 is 2.40 bits per heavy atom. The molecule has 20 heavy (non-hydrogen) atoms. The molecule has 5 heteroatoms. The molecule has 1 heterocycles. The van der Waals surface area contributed by atoms with Gasteiger partial charge < -0.3 is 15.3 Å². The number of likely N-dealkylation sites (tertiary alicyclic amines) is 1. The lowest BCUT2D eigenvalue weighted by atomic mass is 9.97. The Labute approximate surface area is 120 Å². The van der Waals surface area contributed by atoms with Crippen molar-refractivity contribution in [1.29, 1.82) is 0 Å².